The van der Waals surface area contributed by atoms with Crippen LogP contribution in [0.15, 0.2) is 30.3 Å². The van der Waals surface area contributed by atoms with Crippen LogP contribution in [0.2, 0.25) is 0 Å². The molecule has 1 fully saturated rings. The van der Waals surface area contributed by atoms with Crippen molar-refractivity contribution < 1.29 is 36.2 Å². The highest BCUT2D eigenvalue weighted by Crippen LogP contribution is 2.43. The monoisotopic (exact) mass is 638 g/mol. The van der Waals surface area contributed by atoms with Gasteiger partial charge in [0.05, 0.1) is 30.1 Å². The molecule has 2 aliphatic rings. The summed E-state index contributed by atoms with van der Waals surface area (Å²) in [7, 11) is 1.54. The molecule has 1 N–H and O–H groups in total. The number of carbonyl (C=O) groups is 1. The average Bonchev–Trinajstić information content (AvgIpc) is 3.30. The van der Waals surface area contributed by atoms with Gasteiger partial charge >= 0.3 is 18.3 Å². The van der Waals surface area contributed by atoms with Crippen LogP contribution in [-0.4, -0.2) is 44.4 Å². The number of rotatable bonds is 7. The van der Waals surface area contributed by atoms with Gasteiger partial charge < -0.3 is 14.9 Å². The maximum Gasteiger partial charge on any atom is 0.416 e. The molecule has 2 heterocycles. The number of carboxylic acids is 1. The second kappa shape index (κ2) is 12.5. The molecule has 0 bridgehead atoms. The van der Waals surface area contributed by atoms with Crippen molar-refractivity contribution in [1.29, 1.82) is 0 Å². The average molecular weight is 639 g/mol. The Bertz CT molecular complexity index is 1500. The first-order valence-corrected chi connectivity index (χ1v) is 15.0. The van der Waals surface area contributed by atoms with E-state index in [4.69, 9.17) is 0 Å². The molecule has 1 aliphatic carbocycles. The molecule has 244 valence electrons. The van der Waals surface area contributed by atoms with E-state index in [0.29, 0.717) is 38.1 Å². The molecule has 1 aromatic heterocycles. The molecule has 8 nitrogen and oxygen atoms in total. The van der Waals surface area contributed by atoms with Gasteiger partial charge in [0, 0.05) is 25.3 Å². The SMILES string of the molecule is Cc1cc(C)c2c(c1)C(N(Cc1cc(C(F)(F)F)cc(C(F)(F)F)c1)c1nnn(C)n1)CCCN2C[C@H]1CC[C@H](C(=O)O)CC1. The number of tetrazole rings is 1. The van der Waals surface area contributed by atoms with Crippen molar-refractivity contribution in [3.63, 3.8) is 0 Å². The number of aliphatic carboxylic acids is 1. The second-order valence-corrected chi connectivity index (χ2v) is 12.3. The number of halogens is 6. The van der Waals surface area contributed by atoms with E-state index in [1.165, 1.54) is 11.8 Å². The third-order valence-electron chi connectivity index (χ3n) is 8.86. The fourth-order valence-corrected chi connectivity index (χ4v) is 6.85. The molecule has 1 saturated carbocycles. The van der Waals surface area contributed by atoms with E-state index in [1.807, 2.05) is 19.9 Å². The number of fused-ring (bicyclic) bond motifs is 1. The molecule has 2 aromatic carbocycles. The Morgan fingerprint density at radius 3 is 2.16 bits per heavy atom. The second-order valence-electron chi connectivity index (χ2n) is 12.3. The standard InChI is InChI=1S/C31H36F6N6O2/c1-18-11-19(2)27-25(12-18)26(5-4-10-42(27)16-20-6-8-22(9-7-20)28(44)45)43(29-38-40-41(3)39-29)17-21-13-23(30(32,33)34)15-24(14-21)31(35,36)37/h11-15,20,22,26H,4-10,16-17H2,1-3H3,(H,44,45)/t20-,22-,26?. The van der Waals surface area contributed by atoms with Crippen molar-refractivity contribution in [2.24, 2.45) is 18.9 Å². The van der Waals surface area contributed by atoms with E-state index in [0.717, 1.165) is 53.9 Å². The lowest BCUT2D eigenvalue weighted by Crippen LogP contribution is -2.34. The quantitative estimate of drug-likeness (QED) is 0.276. The van der Waals surface area contributed by atoms with Crippen LogP contribution >= 0.6 is 0 Å². The molecule has 1 aliphatic heterocycles. The fraction of sp³-hybridized carbons (Fsp3) is 0.548. The van der Waals surface area contributed by atoms with Crippen molar-refractivity contribution in [3.05, 3.63) is 63.7 Å². The minimum Gasteiger partial charge on any atom is -0.481 e. The molecule has 14 heteroatoms. The molecule has 1 atom stereocenters. The van der Waals surface area contributed by atoms with Gasteiger partial charge in [-0.15, -0.1) is 5.10 Å². The zero-order valence-electron chi connectivity index (χ0n) is 25.3. The van der Waals surface area contributed by atoms with Crippen LogP contribution in [0.25, 0.3) is 0 Å². The van der Waals surface area contributed by atoms with Gasteiger partial charge in [-0.25, -0.2) is 0 Å². The molecule has 0 spiro atoms. The van der Waals surface area contributed by atoms with Crippen LogP contribution in [0.4, 0.5) is 38.0 Å². The summed E-state index contributed by atoms with van der Waals surface area (Å²) in [5, 5.41) is 21.8. The van der Waals surface area contributed by atoms with Crippen molar-refractivity contribution in [2.75, 3.05) is 22.9 Å². The highest BCUT2D eigenvalue weighted by atomic mass is 19.4. The van der Waals surface area contributed by atoms with Gasteiger partial charge in [-0.2, -0.15) is 31.1 Å². The lowest BCUT2D eigenvalue weighted by atomic mass is 9.81. The molecule has 45 heavy (non-hydrogen) atoms. The maximum absolute atomic E-state index is 13.7. The summed E-state index contributed by atoms with van der Waals surface area (Å²) < 4.78 is 82.4. The summed E-state index contributed by atoms with van der Waals surface area (Å²) in [6, 6.07) is 5.23. The lowest BCUT2D eigenvalue weighted by molar-refractivity contribution is -0.144. The minimum absolute atomic E-state index is 0.0963. The van der Waals surface area contributed by atoms with Crippen molar-refractivity contribution in [1.82, 2.24) is 20.2 Å². The number of hydrogen-bond acceptors (Lipinski definition) is 6. The van der Waals surface area contributed by atoms with E-state index >= 15 is 0 Å². The van der Waals surface area contributed by atoms with Gasteiger partial charge in [0.15, 0.2) is 0 Å². The first-order valence-electron chi connectivity index (χ1n) is 15.0. The van der Waals surface area contributed by atoms with Crippen molar-refractivity contribution in [2.45, 2.75) is 77.3 Å². The van der Waals surface area contributed by atoms with Crippen molar-refractivity contribution >= 4 is 17.6 Å². The highest BCUT2D eigenvalue weighted by molar-refractivity contribution is 5.70. The van der Waals surface area contributed by atoms with E-state index in [2.05, 4.69) is 26.4 Å². The maximum atomic E-state index is 13.7. The summed E-state index contributed by atoms with van der Waals surface area (Å²) in [6.45, 7) is 5.04. The van der Waals surface area contributed by atoms with Crippen LogP contribution in [0.3, 0.4) is 0 Å². The number of aromatic nitrogens is 4. The van der Waals surface area contributed by atoms with Gasteiger partial charge in [0.25, 0.3) is 5.95 Å². The Hall–Kier alpha value is -3.84. The normalized spacial score (nSPS) is 20.9. The largest absolute Gasteiger partial charge is 0.481 e. The van der Waals surface area contributed by atoms with Crippen LogP contribution in [0.1, 0.15) is 77.9 Å². The van der Waals surface area contributed by atoms with E-state index < -0.39 is 35.5 Å². The van der Waals surface area contributed by atoms with Gasteiger partial charge in [-0.3, -0.25) is 4.79 Å². The Balaban J connectivity index is 1.55. The number of benzene rings is 2. The highest BCUT2D eigenvalue weighted by Gasteiger charge is 2.38. The fourth-order valence-electron chi connectivity index (χ4n) is 6.85. The zero-order chi connectivity index (χ0) is 32.7. The predicted octanol–water partition coefficient (Wildman–Crippen LogP) is 7.10. The molecular weight excluding hydrogens is 602 g/mol. The van der Waals surface area contributed by atoms with E-state index in [1.54, 1.807) is 4.90 Å². The number of carboxylic acid groups (broad SMARTS) is 1. The number of nitrogens with zero attached hydrogens (tertiary/aromatic N) is 6. The Morgan fingerprint density at radius 1 is 0.956 bits per heavy atom. The topological polar surface area (TPSA) is 87.4 Å². The molecule has 5 rings (SSSR count). The number of aryl methyl sites for hydroxylation is 3. The van der Waals surface area contributed by atoms with Gasteiger partial charge in [-0.05, 0) is 98.4 Å². The van der Waals surface area contributed by atoms with Gasteiger partial charge in [0.2, 0.25) is 0 Å². The first kappa shape index (κ1) is 32.6. The molecule has 0 amide bonds. The molecule has 0 saturated heterocycles. The summed E-state index contributed by atoms with van der Waals surface area (Å²) in [5.74, 6) is -0.690. The van der Waals surface area contributed by atoms with Crippen LogP contribution in [-0.2, 0) is 30.7 Å². The molecular formula is C31H36F6N6O2. The molecule has 0 radical (unpaired) electrons. The van der Waals surface area contributed by atoms with Gasteiger partial charge in [-0.1, -0.05) is 22.8 Å². The van der Waals surface area contributed by atoms with E-state index in [9.17, 15) is 36.2 Å². The third-order valence-corrected chi connectivity index (χ3v) is 8.86. The summed E-state index contributed by atoms with van der Waals surface area (Å²) >= 11 is 0. The smallest absolute Gasteiger partial charge is 0.416 e. The summed E-state index contributed by atoms with van der Waals surface area (Å²) in [6.07, 6.45) is -5.87. The van der Waals surface area contributed by atoms with Crippen LogP contribution in [0, 0.1) is 25.7 Å². The molecule has 1 unspecified atom stereocenters. The minimum atomic E-state index is -4.97. The molecule has 3 aromatic rings. The zero-order valence-corrected chi connectivity index (χ0v) is 25.3. The summed E-state index contributed by atoms with van der Waals surface area (Å²) in [4.78, 5) is 16.6. The Labute approximate surface area is 257 Å². The lowest BCUT2D eigenvalue weighted by Gasteiger charge is -2.36. The van der Waals surface area contributed by atoms with Crippen LogP contribution < -0.4 is 9.80 Å². The third kappa shape index (κ3) is 7.36. The predicted molar refractivity (Wildman–Crippen MR) is 155 cm³/mol. The Kier molecular flexibility index (Phi) is 9.05. The Morgan fingerprint density at radius 2 is 1.60 bits per heavy atom. The number of hydrogen-bond donors (Lipinski definition) is 1. The van der Waals surface area contributed by atoms with E-state index in [-0.39, 0.29) is 30.0 Å². The van der Waals surface area contributed by atoms with Gasteiger partial charge in [0.1, 0.15) is 0 Å². The summed E-state index contributed by atoms with van der Waals surface area (Å²) in [5.41, 5.74) is 0.892. The number of alkyl halides is 6. The van der Waals surface area contributed by atoms with Crippen LogP contribution in [0.5, 0.6) is 0 Å². The number of anilines is 2. The first-order chi connectivity index (χ1) is 21.1. The van der Waals surface area contributed by atoms with Crippen molar-refractivity contribution in [3.8, 4) is 0 Å².